The summed E-state index contributed by atoms with van der Waals surface area (Å²) in [5, 5.41) is 0. The Balaban J connectivity index is 1.61. The van der Waals surface area contributed by atoms with Crippen molar-refractivity contribution in [1.82, 2.24) is 4.90 Å². The minimum absolute atomic E-state index is 0.0691. The molecule has 2 bridgehead atoms. The molecule has 1 aliphatic carbocycles. The first-order valence-corrected chi connectivity index (χ1v) is 9.48. The number of rotatable bonds is 3. The van der Waals surface area contributed by atoms with E-state index in [1.54, 1.807) is 12.1 Å². The van der Waals surface area contributed by atoms with Crippen molar-refractivity contribution in [1.29, 1.82) is 0 Å². The van der Waals surface area contributed by atoms with Crippen molar-refractivity contribution in [2.45, 2.75) is 46.1 Å². The van der Waals surface area contributed by atoms with Gasteiger partial charge in [-0.3, -0.25) is 4.79 Å². The summed E-state index contributed by atoms with van der Waals surface area (Å²) in [5.41, 5.74) is 0.953. The maximum Gasteiger partial charge on any atom is 0.338 e. The molecule has 0 aromatic heterocycles. The number of carbonyl (C=O) groups excluding carboxylic acids is 2. The third kappa shape index (κ3) is 3.76. The van der Waals surface area contributed by atoms with Crippen LogP contribution >= 0.6 is 22.6 Å². The molecule has 1 aromatic rings. The van der Waals surface area contributed by atoms with Crippen molar-refractivity contribution in [3.05, 3.63) is 33.4 Å². The molecule has 1 amide bonds. The van der Waals surface area contributed by atoms with Crippen LogP contribution in [-0.2, 0) is 9.53 Å². The first-order valence-electron chi connectivity index (χ1n) is 8.40. The highest BCUT2D eigenvalue weighted by atomic mass is 127. The van der Waals surface area contributed by atoms with Crippen molar-refractivity contribution in [2.75, 3.05) is 13.2 Å². The average molecular weight is 441 g/mol. The Hall–Kier alpha value is -1.11. The molecule has 1 heterocycles. The van der Waals surface area contributed by atoms with Crippen LogP contribution in [0, 0.1) is 14.4 Å². The van der Waals surface area contributed by atoms with E-state index in [9.17, 15) is 9.59 Å². The molecule has 2 fully saturated rings. The van der Waals surface area contributed by atoms with Crippen molar-refractivity contribution < 1.29 is 14.3 Å². The number of esters is 1. The Kier molecular flexibility index (Phi) is 4.66. The lowest BCUT2D eigenvalue weighted by Gasteiger charge is -2.39. The van der Waals surface area contributed by atoms with Crippen LogP contribution in [0.2, 0.25) is 0 Å². The minimum atomic E-state index is -0.435. The van der Waals surface area contributed by atoms with Crippen molar-refractivity contribution >= 4 is 34.5 Å². The molecule has 3 rings (SSSR count). The molecule has 0 spiro atoms. The second kappa shape index (κ2) is 6.32. The fourth-order valence-electron chi connectivity index (χ4n) is 4.66. The fraction of sp³-hybridized carbons (Fsp3) is 0.579. The molecule has 130 valence electrons. The molecule has 0 radical (unpaired) electrons. The number of hydrogen-bond acceptors (Lipinski definition) is 3. The van der Waals surface area contributed by atoms with Gasteiger partial charge in [0.25, 0.3) is 5.91 Å². The molecule has 1 saturated carbocycles. The first kappa shape index (κ1) is 17.7. The highest BCUT2D eigenvalue weighted by Crippen LogP contribution is 2.52. The number of likely N-dealkylation sites (tertiary alicyclic amines) is 1. The lowest BCUT2D eigenvalue weighted by atomic mass is 9.65. The molecule has 1 aliphatic heterocycles. The average Bonchev–Trinajstić information content (AvgIpc) is 2.73. The largest absolute Gasteiger partial charge is 0.452 e. The molecule has 1 aromatic carbocycles. The normalized spacial score (nSPS) is 27.8. The Morgan fingerprint density at radius 3 is 2.75 bits per heavy atom. The zero-order chi connectivity index (χ0) is 17.5. The van der Waals surface area contributed by atoms with E-state index in [4.69, 9.17) is 4.74 Å². The minimum Gasteiger partial charge on any atom is -0.452 e. The van der Waals surface area contributed by atoms with Crippen molar-refractivity contribution in [3.8, 4) is 0 Å². The van der Waals surface area contributed by atoms with E-state index in [0.717, 1.165) is 29.4 Å². The lowest BCUT2D eigenvalue weighted by Crippen LogP contribution is -2.39. The van der Waals surface area contributed by atoms with E-state index >= 15 is 0 Å². The van der Waals surface area contributed by atoms with E-state index in [1.165, 1.54) is 0 Å². The summed E-state index contributed by atoms with van der Waals surface area (Å²) in [6.07, 6.45) is 3.23. The van der Waals surface area contributed by atoms with Gasteiger partial charge in [-0.15, -0.1) is 0 Å². The van der Waals surface area contributed by atoms with Gasteiger partial charge >= 0.3 is 5.97 Å². The Bertz CT molecular complexity index is 672. The highest BCUT2D eigenvalue weighted by Gasteiger charge is 2.50. The number of hydrogen-bond donors (Lipinski definition) is 0. The van der Waals surface area contributed by atoms with Crippen molar-refractivity contribution in [3.63, 3.8) is 0 Å². The SMILES string of the molecule is CC1(C)CC2CC(C)(CN2C(=O)COC(=O)c2cccc(I)c2)C1. The number of nitrogens with zero attached hydrogens (tertiary/aromatic N) is 1. The van der Waals surface area contributed by atoms with Crippen LogP contribution in [0.1, 0.15) is 50.4 Å². The van der Waals surface area contributed by atoms with Crippen LogP contribution in [0.3, 0.4) is 0 Å². The number of halogens is 1. The number of benzene rings is 1. The van der Waals surface area contributed by atoms with Gasteiger partial charge in [-0.25, -0.2) is 4.79 Å². The standard InChI is InChI=1S/C19H24INO3/c1-18(2)8-15-9-19(3,11-18)12-21(15)16(22)10-24-17(23)13-5-4-6-14(20)7-13/h4-7,15H,8-12H2,1-3H3. The Morgan fingerprint density at radius 2 is 2.04 bits per heavy atom. The number of carbonyl (C=O) groups is 2. The van der Waals surface area contributed by atoms with Crippen molar-refractivity contribution in [2.24, 2.45) is 10.8 Å². The second-order valence-corrected chi connectivity index (χ2v) is 9.57. The summed E-state index contributed by atoms with van der Waals surface area (Å²) in [5.74, 6) is -0.504. The predicted octanol–water partition coefficient (Wildman–Crippen LogP) is 3.88. The maximum atomic E-state index is 12.6. The third-order valence-corrected chi connectivity index (χ3v) is 5.79. The van der Waals surface area contributed by atoms with Gasteiger partial charge in [0.1, 0.15) is 0 Å². The van der Waals surface area contributed by atoms with Crippen LogP contribution in [0.15, 0.2) is 24.3 Å². The van der Waals surface area contributed by atoms with Gasteiger partial charge in [0.15, 0.2) is 6.61 Å². The lowest BCUT2D eigenvalue weighted by molar-refractivity contribution is -0.135. The van der Waals surface area contributed by atoms with Crippen LogP contribution in [0.25, 0.3) is 0 Å². The van der Waals surface area contributed by atoms with Gasteiger partial charge in [-0.05, 0) is 70.9 Å². The monoisotopic (exact) mass is 441 g/mol. The van der Waals surface area contributed by atoms with Gasteiger partial charge in [0.2, 0.25) is 0 Å². The predicted molar refractivity (Wildman–Crippen MR) is 101 cm³/mol. The third-order valence-electron chi connectivity index (χ3n) is 5.12. The summed E-state index contributed by atoms with van der Waals surface area (Å²) in [4.78, 5) is 26.6. The zero-order valence-corrected chi connectivity index (χ0v) is 16.6. The zero-order valence-electron chi connectivity index (χ0n) is 14.5. The van der Waals surface area contributed by atoms with E-state index in [-0.39, 0.29) is 29.4 Å². The molecular weight excluding hydrogens is 417 g/mol. The molecule has 1 saturated heterocycles. The molecular formula is C19H24INO3. The number of fused-ring (bicyclic) bond motifs is 2. The van der Waals surface area contributed by atoms with Crippen LogP contribution in [0.4, 0.5) is 0 Å². The number of ether oxygens (including phenoxy) is 1. The molecule has 2 aliphatic rings. The summed E-state index contributed by atoms with van der Waals surface area (Å²) >= 11 is 2.15. The van der Waals surface area contributed by atoms with E-state index in [1.807, 2.05) is 17.0 Å². The summed E-state index contributed by atoms with van der Waals surface area (Å²) in [6, 6.07) is 7.48. The topological polar surface area (TPSA) is 46.6 Å². The van der Waals surface area contributed by atoms with Crippen LogP contribution in [0.5, 0.6) is 0 Å². The van der Waals surface area contributed by atoms with Gasteiger partial charge in [-0.2, -0.15) is 0 Å². The van der Waals surface area contributed by atoms with Gasteiger partial charge in [0, 0.05) is 16.2 Å². The molecule has 4 nitrogen and oxygen atoms in total. The molecule has 2 unspecified atom stereocenters. The smallest absolute Gasteiger partial charge is 0.338 e. The van der Waals surface area contributed by atoms with Crippen LogP contribution < -0.4 is 0 Å². The first-order chi connectivity index (χ1) is 11.2. The molecule has 0 N–H and O–H groups in total. The van der Waals surface area contributed by atoms with Gasteiger partial charge < -0.3 is 9.64 Å². The maximum absolute atomic E-state index is 12.6. The number of amides is 1. The summed E-state index contributed by atoms with van der Waals surface area (Å²) < 4.78 is 6.23. The van der Waals surface area contributed by atoms with Gasteiger partial charge in [0.05, 0.1) is 5.56 Å². The fourth-order valence-corrected chi connectivity index (χ4v) is 5.20. The highest BCUT2D eigenvalue weighted by molar-refractivity contribution is 14.1. The second-order valence-electron chi connectivity index (χ2n) is 8.32. The van der Waals surface area contributed by atoms with E-state index in [2.05, 4.69) is 43.4 Å². The Morgan fingerprint density at radius 1 is 1.29 bits per heavy atom. The Labute approximate surface area is 157 Å². The summed E-state index contributed by atoms with van der Waals surface area (Å²) in [7, 11) is 0. The van der Waals surface area contributed by atoms with E-state index < -0.39 is 5.97 Å². The molecule has 5 heteroatoms. The quantitative estimate of drug-likeness (QED) is 0.529. The van der Waals surface area contributed by atoms with Gasteiger partial charge in [-0.1, -0.05) is 26.8 Å². The molecule has 2 atom stereocenters. The van der Waals surface area contributed by atoms with E-state index in [0.29, 0.717) is 5.56 Å². The van der Waals surface area contributed by atoms with Crippen LogP contribution in [-0.4, -0.2) is 36.0 Å². The molecule has 24 heavy (non-hydrogen) atoms. The summed E-state index contributed by atoms with van der Waals surface area (Å²) in [6.45, 7) is 7.44.